The van der Waals surface area contributed by atoms with Crippen LogP contribution in [0.4, 0.5) is 36.6 Å². The molecule has 0 aliphatic carbocycles. The van der Waals surface area contributed by atoms with E-state index in [2.05, 4.69) is 4.98 Å². The number of halogens is 7. The van der Waals surface area contributed by atoms with Gasteiger partial charge in [0, 0.05) is 11.8 Å². The molecule has 3 aromatic rings. The van der Waals surface area contributed by atoms with Crippen LogP contribution in [0.15, 0.2) is 42.6 Å². The molecule has 4 nitrogen and oxygen atoms in total. The van der Waals surface area contributed by atoms with Crippen molar-refractivity contribution >= 4 is 17.4 Å². The van der Waals surface area contributed by atoms with Crippen LogP contribution in [0.3, 0.4) is 0 Å². The molecule has 3 rings (SSSR count). The van der Waals surface area contributed by atoms with Crippen LogP contribution >= 0.6 is 0 Å². The lowest BCUT2D eigenvalue weighted by Gasteiger charge is -2.11. The fourth-order valence-corrected chi connectivity index (χ4v) is 2.58. The van der Waals surface area contributed by atoms with Gasteiger partial charge in [-0.15, -0.1) is 0 Å². The molecule has 0 aliphatic heterocycles. The zero-order valence-electron chi connectivity index (χ0n) is 13.7. The number of benzene rings is 1. The molecule has 1 amide bonds. The van der Waals surface area contributed by atoms with Gasteiger partial charge in [0.2, 0.25) is 5.91 Å². The quantitative estimate of drug-likeness (QED) is 0.620. The number of carbonyl (C=O) groups is 1. The van der Waals surface area contributed by atoms with Gasteiger partial charge < -0.3 is 5.32 Å². The second-order valence-corrected chi connectivity index (χ2v) is 5.80. The summed E-state index contributed by atoms with van der Waals surface area (Å²) in [7, 11) is 0. The topological polar surface area (TPSA) is 46.4 Å². The van der Waals surface area contributed by atoms with Gasteiger partial charge >= 0.3 is 12.4 Å². The first-order valence-corrected chi connectivity index (χ1v) is 7.66. The summed E-state index contributed by atoms with van der Waals surface area (Å²) in [6, 6.07) is 6.04. The van der Waals surface area contributed by atoms with Crippen LogP contribution in [0.1, 0.15) is 12.0 Å². The third-order valence-corrected chi connectivity index (χ3v) is 3.66. The number of anilines is 1. The average Bonchev–Trinajstić information content (AvgIpc) is 2.89. The van der Waals surface area contributed by atoms with Crippen molar-refractivity contribution in [2.45, 2.75) is 18.8 Å². The monoisotopic (exact) mass is 405 g/mol. The van der Waals surface area contributed by atoms with Crippen molar-refractivity contribution < 1.29 is 35.5 Å². The number of hydrogen-bond acceptors (Lipinski definition) is 2. The number of fused-ring (bicyclic) bond motifs is 1. The third-order valence-electron chi connectivity index (χ3n) is 3.66. The number of pyridine rings is 1. The Balaban J connectivity index is 2.14. The second-order valence-electron chi connectivity index (χ2n) is 5.80. The maximum absolute atomic E-state index is 13.6. The predicted molar refractivity (Wildman–Crippen MR) is 84.9 cm³/mol. The lowest BCUT2D eigenvalue weighted by Crippen LogP contribution is -2.21. The van der Waals surface area contributed by atoms with Crippen molar-refractivity contribution in [1.29, 1.82) is 0 Å². The Hall–Kier alpha value is -3.11. The highest BCUT2D eigenvalue weighted by atomic mass is 19.4. The van der Waals surface area contributed by atoms with Crippen LogP contribution in [0, 0.1) is 5.82 Å². The summed E-state index contributed by atoms with van der Waals surface area (Å²) in [5.41, 5.74) is -1.30. The lowest BCUT2D eigenvalue weighted by molar-refractivity contribution is -0.150. The first-order chi connectivity index (χ1) is 12.9. The molecule has 1 N–H and O–H groups in total. The maximum atomic E-state index is 13.6. The maximum Gasteiger partial charge on any atom is 0.416 e. The minimum absolute atomic E-state index is 0.0242. The van der Waals surface area contributed by atoms with Gasteiger partial charge in [-0.25, -0.2) is 9.37 Å². The molecule has 0 atom stereocenters. The minimum atomic E-state index is -4.79. The molecule has 0 aliphatic rings. The molecule has 2 aromatic heterocycles. The van der Waals surface area contributed by atoms with E-state index in [-0.39, 0.29) is 16.9 Å². The fraction of sp³-hybridized carbons (Fsp3) is 0.176. The number of imidazole rings is 1. The van der Waals surface area contributed by atoms with E-state index in [1.165, 1.54) is 12.1 Å². The van der Waals surface area contributed by atoms with E-state index in [1.54, 1.807) is 0 Å². The molecule has 0 spiro atoms. The molecule has 0 unspecified atom stereocenters. The van der Waals surface area contributed by atoms with Crippen LogP contribution in [0.25, 0.3) is 16.9 Å². The number of hydrogen-bond donors (Lipinski definition) is 1. The zero-order chi connectivity index (χ0) is 20.7. The van der Waals surface area contributed by atoms with Crippen LogP contribution in [-0.4, -0.2) is 21.5 Å². The van der Waals surface area contributed by atoms with Gasteiger partial charge in [0.1, 0.15) is 17.9 Å². The number of nitrogens with zero attached hydrogens (tertiary/aromatic N) is 2. The SMILES string of the molecule is O=C(CC(F)(F)F)Nc1nc2ccc(F)cn2c1-c1cccc(C(F)(F)F)c1. The van der Waals surface area contributed by atoms with Crippen molar-refractivity contribution in [2.24, 2.45) is 0 Å². The Morgan fingerprint density at radius 1 is 1.07 bits per heavy atom. The van der Waals surface area contributed by atoms with Gasteiger partial charge in [-0.05, 0) is 24.3 Å². The summed E-state index contributed by atoms with van der Waals surface area (Å²) in [5.74, 6) is -2.63. The Kier molecular flexibility index (Phi) is 4.77. The molecule has 0 bridgehead atoms. The number of rotatable bonds is 3. The number of alkyl halides is 6. The molecule has 2 heterocycles. The largest absolute Gasteiger partial charge is 0.416 e. The Bertz CT molecular complexity index is 1040. The van der Waals surface area contributed by atoms with E-state index in [9.17, 15) is 35.5 Å². The first-order valence-electron chi connectivity index (χ1n) is 7.66. The first kappa shape index (κ1) is 19.6. The molecule has 0 fully saturated rings. The summed E-state index contributed by atoms with van der Waals surface area (Å²) in [6.07, 6.45) is -10.4. The normalized spacial score (nSPS) is 12.4. The second kappa shape index (κ2) is 6.80. The Morgan fingerprint density at radius 3 is 2.43 bits per heavy atom. The molecule has 0 saturated carbocycles. The average molecular weight is 405 g/mol. The zero-order valence-corrected chi connectivity index (χ0v) is 13.7. The number of carbonyl (C=O) groups excluding carboxylic acids is 1. The molecule has 11 heteroatoms. The molecular weight excluding hydrogens is 395 g/mol. The van der Waals surface area contributed by atoms with Crippen LogP contribution in [-0.2, 0) is 11.0 Å². The van der Waals surface area contributed by atoms with E-state index in [1.807, 2.05) is 5.32 Å². The smallest absolute Gasteiger partial charge is 0.309 e. The number of amides is 1. The van der Waals surface area contributed by atoms with Gasteiger partial charge in [0.05, 0.1) is 11.3 Å². The highest BCUT2D eigenvalue weighted by Gasteiger charge is 2.33. The van der Waals surface area contributed by atoms with E-state index in [0.717, 1.165) is 34.9 Å². The number of aromatic nitrogens is 2. The Morgan fingerprint density at radius 2 is 1.79 bits per heavy atom. The molecule has 148 valence electrons. The van der Waals surface area contributed by atoms with Gasteiger partial charge in [-0.2, -0.15) is 26.3 Å². The summed E-state index contributed by atoms with van der Waals surface area (Å²) in [6.45, 7) is 0. The summed E-state index contributed by atoms with van der Waals surface area (Å²) in [5, 5.41) is 1.94. The molecule has 28 heavy (non-hydrogen) atoms. The van der Waals surface area contributed by atoms with Crippen molar-refractivity contribution in [2.75, 3.05) is 5.32 Å². The molecule has 0 radical (unpaired) electrons. The van der Waals surface area contributed by atoms with E-state index < -0.39 is 41.9 Å². The van der Waals surface area contributed by atoms with E-state index >= 15 is 0 Å². The highest BCUT2D eigenvalue weighted by Crippen LogP contribution is 2.35. The van der Waals surface area contributed by atoms with Crippen molar-refractivity contribution in [3.63, 3.8) is 0 Å². The number of nitrogens with one attached hydrogen (secondary N) is 1. The van der Waals surface area contributed by atoms with Crippen molar-refractivity contribution in [3.8, 4) is 11.3 Å². The highest BCUT2D eigenvalue weighted by molar-refractivity contribution is 5.94. The molecule has 0 saturated heterocycles. The molecule has 1 aromatic carbocycles. The Labute approximate surface area is 152 Å². The third kappa shape index (κ3) is 4.24. The van der Waals surface area contributed by atoms with E-state index in [4.69, 9.17) is 0 Å². The predicted octanol–water partition coefficient (Wildman–Crippen LogP) is 5.05. The van der Waals surface area contributed by atoms with Crippen molar-refractivity contribution in [3.05, 3.63) is 54.0 Å². The van der Waals surface area contributed by atoms with Crippen LogP contribution in [0.5, 0.6) is 0 Å². The van der Waals surface area contributed by atoms with E-state index in [0.29, 0.717) is 0 Å². The van der Waals surface area contributed by atoms with Gasteiger partial charge in [-0.3, -0.25) is 9.20 Å². The van der Waals surface area contributed by atoms with Crippen LogP contribution in [0.2, 0.25) is 0 Å². The van der Waals surface area contributed by atoms with Gasteiger partial charge in [0.25, 0.3) is 0 Å². The standard InChI is InChI=1S/C17H10F7N3O/c18-11-4-5-12-25-15(26-13(28)7-16(19,20)21)14(27(12)8-11)9-2-1-3-10(6-9)17(22,23)24/h1-6,8H,7H2,(H,26,28). The van der Waals surface area contributed by atoms with Gasteiger partial charge in [-0.1, -0.05) is 12.1 Å². The van der Waals surface area contributed by atoms with Crippen LogP contribution < -0.4 is 5.32 Å². The summed E-state index contributed by atoms with van der Waals surface area (Å²) < 4.78 is 90.9. The fourth-order valence-electron chi connectivity index (χ4n) is 2.58. The lowest BCUT2D eigenvalue weighted by atomic mass is 10.1. The van der Waals surface area contributed by atoms with Gasteiger partial charge in [0.15, 0.2) is 5.82 Å². The van der Waals surface area contributed by atoms with Crippen molar-refractivity contribution in [1.82, 2.24) is 9.38 Å². The summed E-state index contributed by atoms with van der Waals surface area (Å²) in [4.78, 5) is 15.6. The summed E-state index contributed by atoms with van der Waals surface area (Å²) >= 11 is 0. The minimum Gasteiger partial charge on any atom is -0.309 e. The molecular formula is C17H10F7N3O.